The van der Waals surface area contributed by atoms with Crippen LogP contribution in [-0.4, -0.2) is 10.2 Å². The molecule has 0 aliphatic heterocycles. The molecule has 2 aromatic rings. The predicted octanol–water partition coefficient (Wildman–Crippen LogP) is 2.88. The summed E-state index contributed by atoms with van der Waals surface area (Å²) in [5, 5.41) is 10.7. The van der Waals surface area contributed by atoms with Crippen LogP contribution < -0.4 is 5.32 Å². The summed E-state index contributed by atoms with van der Waals surface area (Å²) in [5.41, 5.74) is 6.33. The van der Waals surface area contributed by atoms with E-state index in [0.29, 0.717) is 0 Å². The fourth-order valence-electron chi connectivity index (χ4n) is 2.23. The normalized spacial score (nSPS) is 10.8. The van der Waals surface area contributed by atoms with E-state index in [-0.39, 0.29) is 0 Å². The van der Waals surface area contributed by atoms with E-state index in [1.807, 2.05) is 6.92 Å². The molecule has 18 heavy (non-hydrogen) atoms. The van der Waals surface area contributed by atoms with Crippen molar-refractivity contribution in [2.75, 3.05) is 0 Å². The first-order chi connectivity index (χ1) is 8.72. The summed E-state index contributed by atoms with van der Waals surface area (Å²) < 4.78 is 0. The third-order valence-corrected chi connectivity index (χ3v) is 3.40. The number of aryl methyl sites for hydroxylation is 3. The zero-order chi connectivity index (χ0) is 13.0. The van der Waals surface area contributed by atoms with Gasteiger partial charge in [0.15, 0.2) is 0 Å². The Balaban J connectivity index is 1.96. The molecule has 0 aliphatic rings. The Morgan fingerprint density at radius 3 is 2.44 bits per heavy atom. The van der Waals surface area contributed by atoms with Crippen molar-refractivity contribution in [1.82, 2.24) is 15.5 Å². The van der Waals surface area contributed by atoms with E-state index in [0.717, 1.165) is 30.9 Å². The highest BCUT2D eigenvalue weighted by atomic mass is 15.1. The quantitative estimate of drug-likeness (QED) is 0.847. The molecule has 0 atom stereocenters. The highest BCUT2D eigenvalue weighted by Gasteiger charge is 2.06. The first kappa shape index (κ1) is 12.8. The summed E-state index contributed by atoms with van der Waals surface area (Å²) in [6, 6.07) is 8.60. The minimum Gasteiger partial charge on any atom is -0.308 e. The summed E-state index contributed by atoms with van der Waals surface area (Å²) in [6.45, 7) is 8.08. The minimum absolute atomic E-state index is 0.867. The van der Waals surface area contributed by atoms with Gasteiger partial charge in [0.25, 0.3) is 0 Å². The lowest BCUT2D eigenvalue weighted by molar-refractivity contribution is 0.683. The van der Waals surface area contributed by atoms with Gasteiger partial charge in [-0.15, -0.1) is 0 Å². The van der Waals surface area contributed by atoms with Gasteiger partial charge in [0, 0.05) is 24.3 Å². The van der Waals surface area contributed by atoms with Crippen LogP contribution in [0.4, 0.5) is 0 Å². The zero-order valence-electron chi connectivity index (χ0n) is 11.4. The molecule has 0 radical (unpaired) electrons. The van der Waals surface area contributed by atoms with Crippen LogP contribution in [0.2, 0.25) is 0 Å². The van der Waals surface area contributed by atoms with Crippen molar-refractivity contribution < 1.29 is 0 Å². The summed E-state index contributed by atoms with van der Waals surface area (Å²) in [7, 11) is 0. The molecule has 96 valence electrons. The van der Waals surface area contributed by atoms with Crippen LogP contribution in [0, 0.1) is 13.8 Å². The Hall–Kier alpha value is -1.61. The van der Waals surface area contributed by atoms with Gasteiger partial charge in [-0.05, 0) is 31.4 Å². The van der Waals surface area contributed by atoms with E-state index < -0.39 is 0 Å². The molecular weight excluding hydrogens is 222 g/mol. The van der Waals surface area contributed by atoms with Crippen molar-refractivity contribution in [2.24, 2.45) is 0 Å². The van der Waals surface area contributed by atoms with Crippen molar-refractivity contribution in [2.45, 2.75) is 40.3 Å². The van der Waals surface area contributed by atoms with Crippen molar-refractivity contribution >= 4 is 0 Å². The molecular formula is C15H21N3. The predicted molar refractivity (Wildman–Crippen MR) is 74.4 cm³/mol. The zero-order valence-corrected chi connectivity index (χ0v) is 11.4. The minimum atomic E-state index is 0.867. The van der Waals surface area contributed by atoms with Gasteiger partial charge in [-0.2, -0.15) is 5.10 Å². The van der Waals surface area contributed by atoms with Gasteiger partial charge in [0.2, 0.25) is 0 Å². The summed E-state index contributed by atoms with van der Waals surface area (Å²) in [6.07, 6.45) is 1.08. The summed E-state index contributed by atoms with van der Waals surface area (Å²) in [5.74, 6) is 0. The standard InChI is InChI=1S/C15H21N3/c1-4-13-7-5-6-8-14(13)9-16-10-15-11(2)17-18-12(15)3/h5-8,16H,4,9-10H2,1-3H3,(H,17,18). The molecule has 2 rings (SSSR count). The Morgan fingerprint density at radius 1 is 1.11 bits per heavy atom. The van der Waals surface area contributed by atoms with Crippen LogP contribution in [0.5, 0.6) is 0 Å². The van der Waals surface area contributed by atoms with E-state index in [1.54, 1.807) is 0 Å². The lowest BCUT2D eigenvalue weighted by Crippen LogP contribution is -2.14. The average Bonchev–Trinajstić information content (AvgIpc) is 2.71. The van der Waals surface area contributed by atoms with Crippen molar-refractivity contribution in [3.8, 4) is 0 Å². The number of nitrogens with one attached hydrogen (secondary N) is 2. The third kappa shape index (κ3) is 2.79. The molecule has 0 aliphatic carbocycles. The van der Waals surface area contributed by atoms with Gasteiger partial charge in [-0.1, -0.05) is 31.2 Å². The van der Waals surface area contributed by atoms with Crippen molar-refractivity contribution in [1.29, 1.82) is 0 Å². The molecule has 3 heteroatoms. The van der Waals surface area contributed by atoms with Crippen LogP contribution in [0.3, 0.4) is 0 Å². The molecule has 0 spiro atoms. The first-order valence-electron chi connectivity index (χ1n) is 6.50. The molecule has 0 bridgehead atoms. The lowest BCUT2D eigenvalue weighted by atomic mass is 10.1. The SMILES string of the molecule is CCc1ccccc1CNCc1c(C)n[nH]c1C. The second kappa shape index (κ2) is 5.83. The van der Waals surface area contributed by atoms with Crippen LogP contribution >= 0.6 is 0 Å². The average molecular weight is 243 g/mol. The van der Waals surface area contributed by atoms with Crippen LogP contribution in [0.25, 0.3) is 0 Å². The maximum Gasteiger partial charge on any atom is 0.0638 e. The number of H-pyrrole nitrogens is 1. The first-order valence-corrected chi connectivity index (χ1v) is 6.50. The Bertz CT molecular complexity index is 495. The molecule has 0 saturated carbocycles. The largest absolute Gasteiger partial charge is 0.308 e. The van der Waals surface area contributed by atoms with E-state index in [2.05, 4.69) is 53.6 Å². The molecule has 1 aromatic carbocycles. The van der Waals surface area contributed by atoms with E-state index in [4.69, 9.17) is 0 Å². The number of nitrogens with zero attached hydrogens (tertiary/aromatic N) is 1. The maximum absolute atomic E-state index is 4.21. The van der Waals surface area contributed by atoms with Gasteiger partial charge in [0.05, 0.1) is 5.69 Å². The second-order valence-corrected chi connectivity index (χ2v) is 4.64. The van der Waals surface area contributed by atoms with Crippen LogP contribution in [0.15, 0.2) is 24.3 Å². The number of hydrogen-bond acceptors (Lipinski definition) is 2. The molecule has 0 saturated heterocycles. The Kier molecular flexibility index (Phi) is 4.15. The monoisotopic (exact) mass is 243 g/mol. The van der Waals surface area contributed by atoms with Gasteiger partial charge < -0.3 is 5.32 Å². The molecule has 0 amide bonds. The number of aromatic amines is 1. The smallest absolute Gasteiger partial charge is 0.0638 e. The van der Waals surface area contributed by atoms with Crippen molar-refractivity contribution in [3.05, 3.63) is 52.3 Å². The van der Waals surface area contributed by atoms with Gasteiger partial charge in [-0.25, -0.2) is 0 Å². The van der Waals surface area contributed by atoms with Crippen LogP contribution in [-0.2, 0) is 19.5 Å². The van der Waals surface area contributed by atoms with Gasteiger partial charge >= 0.3 is 0 Å². The summed E-state index contributed by atoms with van der Waals surface area (Å²) in [4.78, 5) is 0. The fraction of sp³-hybridized carbons (Fsp3) is 0.400. The molecule has 2 N–H and O–H groups in total. The molecule has 0 fully saturated rings. The van der Waals surface area contributed by atoms with Crippen molar-refractivity contribution in [3.63, 3.8) is 0 Å². The topological polar surface area (TPSA) is 40.7 Å². The lowest BCUT2D eigenvalue weighted by Gasteiger charge is -2.09. The van der Waals surface area contributed by atoms with Crippen LogP contribution in [0.1, 0.15) is 35.0 Å². The Morgan fingerprint density at radius 2 is 1.83 bits per heavy atom. The van der Waals surface area contributed by atoms with E-state index in [9.17, 15) is 0 Å². The number of rotatable bonds is 5. The molecule has 0 unspecified atom stereocenters. The highest BCUT2D eigenvalue weighted by Crippen LogP contribution is 2.11. The summed E-state index contributed by atoms with van der Waals surface area (Å²) >= 11 is 0. The number of aromatic nitrogens is 2. The number of benzene rings is 1. The van der Waals surface area contributed by atoms with E-state index >= 15 is 0 Å². The molecule has 1 heterocycles. The van der Waals surface area contributed by atoms with E-state index in [1.165, 1.54) is 16.7 Å². The molecule has 3 nitrogen and oxygen atoms in total. The molecule has 1 aromatic heterocycles. The van der Waals surface area contributed by atoms with Gasteiger partial charge in [0.1, 0.15) is 0 Å². The maximum atomic E-state index is 4.21. The third-order valence-electron chi connectivity index (χ3n) is 3.40. The second-order valence-electron chi connectivity index (χ2n) is 4.64. The number of hydrogen-bond donors (Lipinski definition) is 2. The Labute approximate surface area is 109 Å². The fourth-order valence-corrected chi connectivity index (χ4v) is 2.23. The van der Waals surface area contributed by atoms with Gasteiger partial charge in [-0.3, -0.25) is 5.10 Å². The highest BCUT2D eigenvalue weighted by molar-refractivity contribution is 5.27.